The Hall–Kier alpha value is 0.220. The molecule has 0 aliphatic carbocycles. The van der Waals surface area contributed by atoms with Gasteiger partial charge in [0.05, 0.1) is 0 Å². The van der Waals surface area contributed by atoms with Crippen LogP contribution in [-0.2, 0) is 10.3 Å². The van der Waals surface area contributed by atoms with Gasteiger partial charge in [-0.25, -0.2) is 8.42 Å². The first-order valence-electron chi connectivity index (χ1n) is 2.96. The van der Waals surface area contributed by atoms with E-state index in [1.54, 1.807) is 4.72 Å². The third-order valence-electron chi connectivity index (χ3n) is 1.09. The Morgan fingerprint density at radius 1 is 1.23 bits per heavy atom. The molecule has 0 heterocycles. The number of rotatable bonds is 2. The minimum atomic E-state index is -4.43. The molecule has 4 nitrogen and oxygen atoms in total. The number of nitrogens with one attached hydrogen (secondary N) is 1. The van der Waals surface area contributed by atoms with Crippen molar-refractivity contribution in [3.63, 3.8) is 0 Å². The van der Waals surface area contributed by atoms with E-state index in [-0.39, 0.29) is 35.2 Å². The van der Waals surface area contributed by atoms with Gasteiger partial charge in [0.15, 0.2) is 10.3 Å². The van der Waals surface area contributed by atoms with Gasteiger partial charge in [0.2, 0.25) is 0 Å². The van der Waals surface area contributed by atoms with Crippen LogP contribution in [0.3, 0.4) is 0 Å². The molecule has 7 heteroatoms. The molecule has 1 aromatic rings. The van der Waals surface area contributed by atoms with Crippen LogP contribution in [0.4, 0.5) is 5.69 Å². The number of halogens is 1. The van der Waals surface area contributed by atoms with E-state index >= 15 is 0 Å². The molecule has 1 aromatic carbocycles. The van der Waals surface area contributed by atoms with E-state index < -0.39 is 10.3 Å². The predicted molar refractivity (Wildman–Crippen MR) is 44.8 cm³/mol. The maximum Gasteiger partial charge on any atom is 1.00 e. The van der Waals surface area contributed by atoms with Gasteiger partial charge in [-0.3, -0.25) is 4.72 Å². The van der Waals surface area contributed by atoms with Crippen molar-refractivity contribution in [1.82, 2.24) is 0 Å². The average molecular weight is 230 g/mol. The van der Waals surface area contributed by atoms with Gasteiger partial charge in [-0.05, 0) is 24.3 Å². The molecule has 0 atom stereocenters. The van der Waals surface area contributed by atoms with E-state index in [1.165, 1.54) is 24.3 Å². The summed E-state index contributed by atoms with van der Waals surface area (Å²) in [7, 11) is -4.43. The van der Waals surface area contributed by atoms with E-state index in [0.717, 1.165) is 0 Å². The molecule has 0 fully saturated rings. The quantitative estimate of drug-likeness (QED) is 0.481. The number of hydrogen-bond acceptors (Lipinski definition) is 3. The van der Waals surface area contributed by atoms with Crippen LogP contribution in [-0.4, -0.2) is 13.0 Å². The molecule has 0 saturated heterocycles. The van der Waals surface area contributed by atoms with Gasteiger partial charge in [-0.1, -0.05) is 11.6 Å². The maximum atomic E-state index is 10.2. The van der Waals surface area contributed by atoms with Crippen LogP contribution < -0.4 is 34.3 Å². The van der Waals surface area contributed by atoms with Crippen LogP contribution in [0.1, 0.15) is 0 Å². The van der Waals surface area contributed by atoms with Crippen LogP contribution in [0.5, 0.6) is 0 Å². The van der Waals surface area contributed by atoms with Gasteiger partial charge in [0, 0.05) is 10.7 Å². The minimum absolute atomic E-state index is 0. The maximum absolute atomic E-state index is 10.2. The summed E-state index contributed by atoms with van der Waals surface area (Å²) in [4.78, 5) is 0. The summed E-state index contributed by atoms with van der Waals surface area (Å²) in [5, 5.41) is 0.476. The van der Waals surface area contributed by atoms with Crippen molar-refractivity contribution < 1.29 is 42.5 Å². The molecule has 0 aromatic heterocycles. The second-order valence-corrected chi connectivity index (χ2v) is 3.61. The van der Waals surface area contributed by atoms with Crippen molar-refractivity contribution in [2.45, 2.75) is 0 Å². The zero-order chi connectivity index (χ0) is 9.19. The largest absolute Gasteiger partial charge is 1.00 e. The van der Waals surface area contributed by atoms with Crippen molar-refractivity contribution in [1.29, 1.82) is 0 Å². The summed E-state index contributed by atoms with van der Waals surface area (Å²) in [5.74, 6) is 0. The molecule has 0 bridgehead atoms. The first-order chi connectivity index (χ1) is 5.47. The third kappa shape index (κ3) is 5.51. The molecule has 1 N–H and O–H groups in total. The molecule has 0 amide bonds. The number of hydrogen-bond donors (Lipinski definition) is 1. The molecule has 0 aliphatic heterocycles. The third-order valence-corrected chi connectivity index (χ3v) is 1.82. The standard InChI is InChI=1S/C6H6ClNO3S.Na/c7-5-1-3-6(4-2-5)8-12(9,10)11;/h1-4,8H,(H,9,10,11);/q;+1/p-1. The zero-order valence-corrected chi connectivity index (χ0v) is 10.4. The normalized spacial score (nSPS) is 10.3. The van der Waals surface area contributed by atoms with Crippen molar-refractivity contribution in [2.75, 3.05) is 4.72 Å². The summed E-state index contributed by atoms with van der Waals surface area (Å²) in [5.41, 5.74) is 0.203. The molecular formula is C6H5ClNNaO3S. The van der Waals surface area contributed by atoms with Crippen molar-refractivity contribution in [3.8, 4) is 0 Å². The molecule has 1 rings (SSSR count). The molecule has 0 aliphatic rings. The van der Waals surface area contributed by atoms with E-state index in [9.17, 15) is 13.0 Å². The average Bonchev–Trinajstić information content (AvgIpc) is 1.91. The van der Waals surface area contributed by atoms with Gasteiger partial charge in [-0.15, -0.1) is 0 Å². The molecule has 0 radical (unpaired) electrons. The molecule has 66 valence electrons. The fourth-order valence-corrected chi connectivity index (χ4v) is 1.21. The van der Waals surface area contributed by atoms with Gasteiger partial charge < -0.3 is 4.55 Å². The minimum Gasteiger partial charge on any atom is -0.731 e. The van der Waals surface area contributed by atoms with E-state index in [4.69, 9.17) is 11.6 Å². The van der Waals surface area contributed by atoms with Crippen LogP contribution in [0.15, 0.2) is 24.3 Å². The molecular weight excluding hydrogens is 225 g/mol. The Labute approximate surface area is 103 Å². The molecule has 0 saturated carbocycles. The summed E-state index contributed by atoms with van der Waals surface area (Å²) in [6.45, 7) is 0. The Morgan fingerprint density at radius 2 is 1.69 bits per heavy atom. The van der Waals surface area contributed by atoms with Gasteiger partial charge in [0.1, 0.15) is 0 Å². The number of benzene rings is 1. The smallest absolute Gasteiger partial charge is 0.731 e. The summed E-state index contributed by atoms with van der Waals surface area (Å²) in [6.07, 6.45) is 0. The Morgan fingerprint density at radius 3 is 2.08 bits per heavy atom. The Bertz CT molecular complexity index is 364. The zero-order valence-electron chi connectivity index (χ0n) is 6.82. The molecule has 0 unspecified atom stereocenters. The van der Waals surface area contributed by atoms with Crippen LogP contribution in [0.25, 0.3) is 0 Å². The van der Waals surface area contributed by atoms with Crippen molar-refractivity contribution in [3.05, 3.63) is 29.3 Å². The monoisotopic (exact) mass is 229 g/mol. The summed E-state index contributed by atoms with van der Waals surface area (Å²) in [6, 6.07) is 5.76. The topological polar surface area (TPSA) is 69.2 Å². The van der Waals surface area contributed by atoms with Crippen molar-refractivity contribution >= 4 is 27.6 Å². The first-order valence-corrected chi connectivity index (χ1v) is 4.75. The van der Waals surface area contributed by atoms with E-state index in [0.29, 0.717) is 5.02 Å². The van der Waals surface area contributed by atoms with Gasteiger partial charge in [0.25, 0.3) is 0 Å². The molecule has 0 spiro atoms. The second kappa shape index (κ2) is 5.19. The molecule has 13 heavy (non-hydrogen) atoms. The van der Waals surface area contributed by atoms with Gasteiger partial charge >= 0.3 is 29.6 Å². The number of anilines is 1. The van der Waals surface area contributed by atoms with E-state index in [2.05, 4.69) is 0 Å². The van der Waals surface area contributed by atoms with Crippen LogP contribution in [0.2, 0.25) is 5.02 Å². The SMILES string of the molecule is O=S(=O)([O-])Nc1ccc(Cl)cc1.[Na+]. The Balaban J connectivity index is 0.00000144. The summed E-state index contributed by atoms with van der Waals surface area (Å²) < 4.78 is 32.3. The second-order valence-electron chi connectivity index (χ2n) is 2.06. The van der Waals surface area contributed by atoms with Crippen molar-refractivity contribution in [2.24, 2.45) is 0 Å². The fourth-order valence-electron chi connectivity index (χ4n) is 0.662. The predicted octanol–water partition coefficient (Wildman–Crippen LogP) is -1.78. The summed E-state index contributed by atoms with van der Waals surface area (Å²) >= 11 is 5.53. The fraction of sp³-hybridized carbons (Fsp3) is 0. The van der Waals surface area contributed by atoms with Crippen LogP contribution in [0, 0.1) is 0 Å². The van der Waals surface area contributed by atoms with E-state index in [1.807, 2.05) is 0 Å². The Kier molecular flexibility index (Phi) is 5.28. The van der Waals surface area contributed by atoms with Crippen LogP contribution >= 0.6 is 11.6 Å². The van der Waals surface area contributed by atoms with Gasteiger partial charge in [-0.2, -0.15) is 0 Å². The first kappa shape index (κ1) is 13.2.